The second-order valence-electron chi connectivity index (χ2n) is 6.64. The summed E-state index contributed by atoms with van der Waals surface area (Å²) in [4.78, 5) is 14.5. The largest absolute Gasteiger partial charge is 0.504 e. The minimum atomic E-state index is -0.0252. The number of phenols is 1. The highest BCUT2D eigenvalue weighted by Gasteiger charge is 2.49. The molecule has 4 atom stereocenters. The van der Waals surface area contributed by atoms with Gasteiger partial charge in [0.1, 0.15) is 0 Å². The predicted octanol–water partition coefficient (Wildman–Crippen LogP) is 2.15. The number of nitrogens with two attached hydrogens (primary N) is 1. The first-order chi connectivity index (χ1) is 10.5. The van der Waals surface area contributed by atoms with Crippen LogP contribution in [-0.2, 0) is 11.3 Å². The highest BCUT2D eigenvalue weighted by molar-refractivity contribution is 5.85. The molecule has 0 spiro atoms. The van der Waals surface area contributed by atoms with Crippen molar-refractivity contribution in [1.29, 1.82) is 0 Å². The quantitative estimate of drug-likeness (QED) is 0.880. The summed E-state index contributed by atoms with van der Waals surface area (Å²) in [5.74, 6) is 1.64. The van der Waals surface area contributed by atoms with Crippen molar-refractivity contribution < 1.29 is 14.6 Å². The van der Waals surface area contributed by atoms with Crippen LogP contribution >= 0.6 is 12.4 Å². The molecule has 4 unspecified atom stereocenters. The average Bonchev–Trinajstić information content (AvgIpc) is 3.09. The lowest BCUT2D eigenvalue weighted by Crippen LogP contribution is -2.45. The molecule has 6 heteroatoms. The summed E-state index contributed by atoms with van der Waals surface area (Å²) in [6.45, 7) is 0.496. The van der Waals surface area contributed by atoms with Crippen LogP contribution < -0.4 is 10.5 Å². The fourth-order valence-electron chi connectivity index (χ4n) is 4.13. The maximum absolute atomic E-state index is 12.7. The van der Waals surface area contributed by atoms with E-state index < -0.39 is 0 Å². The Morgan fingerprint density at radius 3 is 2.70 bits per heavy atom. The molecule has 23 heavy (non-hydrogen) atoms. The number of methoxy groups -OCH3 is 1. The molecule has 1 aromatic rings. The molecule has 2 fully saturated rings. The molecule has 128 valence electrons. The third-order valence-electron chi connectivity index (χ3n) is 5.31. The van der Waals surface area contributed by atoms with E-state index >= 15 is 0 Å². The SMILES string of the molecule is COc1cc(CN(C)C(=O)C2C3CCC(C3)C2N)ccc1O.Cl. The zero-order chi connectivity index (χ0) is 15.9. The number of phenolic OH excluding ortho intramolecular Hbond substituents is 1. The molecule has 2 bridgehead atoms. The first-order valence-electron chi connectivity index (χ1n) is 7.87. The molecular weight excluding hydrogens is 316 g/mol. The van der Waals surface area contributed by atoms with E-state index in [1.807, 2.05) is 13.1 Å². The van der Waals surface area contributed by atoms with Crippen LogP contribution in [0.1, 0.15) is 24.8 Å². The van der Waals surface area contributed by atoms with Gasteiger partial charge in [-0.3, -0.25) is 4.79 Å². The number of carbonyl (C=O) groups is 1. The normalized spacial score (nSPS) is 28.3. The van der Waals surface area contributed by atoms with Crippen LogP contribution in [0.5, 0.6) is 11.5 Å². The standard InChI is InChI=1S/C17H24N2O3.ClH/c1-19(9-10-3-6-13(20)14(7-10)22-2)17(21)15-11-4-5-12(8-11)16(15)18;/h3,6-7,11-12,15-16,20H,4-5,8-9,18H2,1-2H3;1H. The van der Waals surface area contributed by atoms with E-state index in [0.29, 0.717) is 24.1 Å². The van der Waals surface area contributed by atoms with Gasteiger partial charge in [0.15, 0.2) is 11.5 Å². The molecule has 0 heterocycles. The van der Waals surface area contributed by atoms with Gasteiger partial charge in [-0.25, -0.2) is 0 Å². The lowest BCUT2D eigenvalue weighted by atomic mass is 9.84. The minimum Gasteiger partial charge on any atom is -0.504 e. The second-order valence-corrected chi connectivity index (χ2v) is 6.64. The number of benzene rings is 1. The van der Waals surface area contributed by atoms with Crippen LogP contribution in [0.25, 0.3) is 0 Å². The molecule has 0 saturated heterocycles. The number of hydrogen-bond acceptors (Lipinski definition) is 4. The Morgan fingerprint density at radius 2 is 2.09 bits per heavy atom. The van der Waals surface area contributed by atoms with Gasteiger partial charge in [-0.1, -0.05) is 6.07 Å². The lowest BCUT2D eigenvalue weighted by Gasteiger charge is -2.31. The van der Waals surface area contributed by atoms with Crippen molar-refractivity contribution in [3.63, 3.8) is 0 Å². The van der Waals surface area contributed by atoms with Crippen LogP contribution in [0, 0.1) is 17.8 Å². The monoisotopic (exact) mass is 340 g/mol. The van der Waals surface area contributed by atoms with Gasteiger partial charge in [-0.2, -0.15) is 0 Å². The molecule has 3 N–H and O–H groups in total. The number of amides is 1. The Hall–Kier alpha value is -1.46. The number of rotatable bonds is 4. The average molecular weight is 341 g/mol. The minimum absolute atomic E-state index is 0. The number of hydrogen-bond donors (Lipinski definition) is 2. The smallest absolute Gasteiger partial charge is 0.227 e. The number of ether oxygens (including phenoxy) is 1. The second kappa shape index (κ2) is 6.97. The zero-order valence-electron chi connectivity index (χ0n) is 13.6. The summed E-state index contributed by atoms with van der Waals surface area (Å²) in [7, 11) is 3.34. The fraction of sp³-hybridized carbons (Fsp3) is 0.588. The molecule has 0 aromatic heterocycles. The van der Waals surface area contributed by atoms with Crippen molar-refractivity contribution in [2.45, 2.75) is 31.8 Å². The molecule has 2 aliphatic rings. The van der Waals surface area contributed by atoms with Crippen molar-refractivity contribution in [1.82, 2.24) is 4.90 Å². The van der Waals surface area contributed by atoms with E-state index in [0.717, 1.165) is 18.4 Å². The summed E-state index contributed by atoms with van der Waals surface area (Å²) in [5.41, 5.74) is 7.19. The van der Waals surface area contributed by atoms with E-state index in [-0.39, 0.29) is 36.0 Å². The van der Waals surface area contributed by atoms with Crippen molar-refractivity contribution >= 4 is 18.3 Å². The molecule has 1 amide bonds. The summed E-state index contributed by atoms with van der Waals surface area (Å²) >= 11 is 0. The van der Waals surface area contributed by atoms with E-state index in [9.17, 15) is 9.90 Å². The highest BCUT2D eigenvalue weighted by Crippen LogP contribution is 2.48. The maximum Gasteiger partial charge on any atom is 0.227 e. The number of carbonyl (C=O) groups excluding carboxylic acids is 1. The van der Waals surface area contributed by atoms with Crippen molar-refractivity contribution in [3.8, 4) is 11.5 Å². The van der Waals surface area contributed by atoms with Crippen molar-refractivity contribution in [3.05, 3.63) is 23.8 Å². The molecule has 2 saturated carbocycles. The summed E-state index contributed by atoms with van der Waals surface area (Å²) in [6, 6.07) is 5.18. The maximum atomic E-state index is 12.7. The number of aromatic hydroxyl groups is 1. The fourth-order valence-corrected chi connectivity index (χ4v) is 4.13. The zero-order valence-corrected chi connectivity index (χ0v) is 14.4. The summed E-state index contributed by atoms with van der Waals surface area (Å²) < 4.78 is 5.11. The Bertz CT molecular complexity index is 579. The van der Waals surface area contributed by atoms with Gasteiger partial charge in [0.05, 0.1) is 13.0 Å². The van der Waals surface area contributed by atoms with Gasteiger partial charge in [0, 0.05) is 19.6 Å². The number of fused-ring (bicyclic) bond motifs is 2. The lowest BCUT2D eigenvalue weighted by molar-refractivity contribution is -0.137. The van der Waals surface area contributed by atoms with Crippen LogP contribution in [-0.4, -0.2) is 36.1 Å². The summed E-state index contributed by atoms with van der Waals surface area (Å²) in [6.07, 6.45) is 3.42. The number of halogens is 1. The van der Waals surface area contributed by atoms with E-state index in [4.69, 9.17) is 10.5 Å². The first-order valence-corrected chi connectivity index (χ1v) is 7.87. The predicted molar refractivity (Wildman–Crippen MR) is 90.7 cm³/mol. The van der Waals surface area contributed by atoms with Crippen LogP contribution in [0.3, 0.4) is 0 Å². The molecule has 5 nitrogen and oxygen atoms in total. The molecule has 0 aliphatic heterocycles. The van der Waals surface area contributed by atoms with Gasteiger partial charge < -0.3 is 20.5 Å². The van der Waals surface area contributed by atoms with Gasteiger partial charge in [-0.05, 0) is 48.8 Å². The number of nitrogens with zero attached hydrogens (tertiary/aromatic N) is 1. The molecule has 0 radical (unpaired) electrons. The van der Waals surface area contributed by atoms with E-state index in [1.165, 1.54) is 13.5 Å². The van der Waals surface area contributed by atoms with Gasteiger partial charge in [0.25, 0.3) is 0 Å². The van der Waals surface area contributed by atoms with Crippen LogP contribution in [0.15, 0.2) is 18.2 Å². The topological polar surface area (TPSA) is 75.8 Å². The molecule has 3 rings (SSSR count). The van der Waals surface area contributed by atoms with Gasteiger partial charge >= 0.3 is 0 Å². The first kappa shape index (κ1) is 17.9. The van der Waals surface area contributed by atoms with Crippen LogP contribution in [0.2, 0.25) is 0 Å². The third kappa shape index (κ3) is 3.26. The Balaban J connectivity index is 0.00000192. The molecular formula is C17H25ClN2O3. The van der Waals surface area contributed by atoms with E-state index in [2.05, 4.69) is 0 Å². The van der Waals surface area contributed by atoms with Crippen LogP contribution in [0.4, 0.5) is 0 Å². The highest BCUT2D eigenvalue weighted by atomic mass is 35.5. The Morgan fingerprint density at radius 1 is 1.39 bits per heavy atom. The molecule has 1 aromatic carbocycles. The van der Waals surface area contributed by atoms with Crippen molar-refractivity contribution in [2.24, 2.45) is 23.5 Å². The van der Waals surface area contributed by atoms with Gasteiger partial charge in [-0.15, -0.1) is 12.4 Å². The van der Waals surface area contributed by atoms with E-state index in [1.54, 1.807) is 17.0 Å². The van der Waals surface area contributed by atoms with Gasteiger partial charge in [0.2, 0.25) is 5.91 Å². The third-order valence-corrected chi connectivity index (χ3v) is 5.31. The Kier molecular flexibility index (Phi) is 5.42. The van der Waals surface area contributed by atoms with Crippen molar-refractivity contribution in [2.75, 3.05) is 14.2 Å². The molecule has 2 aliphatic carbocycles. The summed E-state index contributed by atoms with van der Waals surface area (Å²) in [5, 5.41) is 9.64. The Labute approximate surface area is 143 Å².